The van der Waals surface area contributed by atoms with Crippen molar-refractivity contribution in [2.24, 2.45) is 11.7 Å². The topological polar surface area (TPSA) is 105 Å². The third-order valence-corrected chi connectivity index (χ3v) is 5.87. The molecule has 1 aliphatic carbocycles. The first-order chi connectivity index (χ1) is 15.1. The molecule has 1 saturated heterocycles. The van der Waals surface area contributed by atoms with Crippen LogP contribution in [0.1, 0.15) is 31.7 Å². The predicted molar refractivity (Wildman–Crippen MR) is 111 cm³/mol. The lowest BCUT2D eigenvalue weighted by molar-refractivity contribution is -0.137. The number of alkyl halides is 3. The highest BCUT2D eigenvalue weighted by Crippen LogP contribution is 2.38. The Morgan fingerprint density at radius 1 is 1.34 bits per heavy atom. The highest BCUT2D eigenvalue weighted by molar-refractivity contribution is 6.10. The smallest absolute Gasteiger partial charge is 0.370 e. The molecule has 1 heterocycles. The largest absolute Gasteiger partial charge is 0.418 e. The Kier molecular flexibility index (Phi) is 7.40. The van der Waals surface area contributed by atoms with E-state index in [1.165, 1.54) is 11.0 Å². The Morgan fingerprint density at radius 3 is 2.59 bits per heavy atom. The Hall–Kier alpha value is -2.66. The second-order valence-electron chi connectivity index (χ2n) is 8.00. The zero-order valence-corrected chi connectivity index (χ0v) is 17.8. The van der Waals surface area contributed by atoms with Gasteiger partial charge in [-0.1, -0.05) is 13.3 Å². The van der Waals surface area contributed by atoms with E-state index < -0.39 is 41.2 Å². The number of nitrogens with two attached hydrogens (primary N) is 1. The maximum Gasteiger partial charge on any atom is 0.418 e. The van der Waals surface area contributed by atoms with Gasteiger partial charge in [0.25, 0.3) is 11.8 Å². The molecule has 8 nitrogen and oxygen atoms in total. The van der Waals surface area contributed by atoms with Gasteiger partial charge in [-0.15, -0.1) is 0 Å². The molecule has 1 aliphatic heterocycles. The van der Waals surface area contributed by atoms with Crippen molar-refractivity contribution in [2.75, 3.05) is 43.1 Å². The second-order valence-corrected chi connectivity index (χ2v) is 8.00. The van der Waals surface area contributed by atoms with Gasteiger partial charge in [-0.3, -0.25) is 19.3 Å². The van der Waals surface area contributed by atoms with Crippen molar-refractivity contribution < 1.29 is 32.3 Å². The Balaban J connectivity index is 1.85. The number of carbonyl (C=O) groups is 3. The number of primary amides is 1. The molecule has 3 N–H and O–H groups in total. The summed E-state index contributed by atoms with van der Waals surface area (Å²) in [7, 11) is 0. The van der Waals surface area contributed by atoms with Crippen LogP contribution in [0.25, 0.3) is 0 Å². The number of amides is 3. The molecule has 0 aromatic heterocycles. The molecular weight excluding hydrogens is 429 g/mol. The summed E-state index contributed by atoms with van der Waals surface area (Å²) in [5, 5.41) is 2.23. The number of nitrogens with one attached hydrogen (secondary N) is 1. The van der Waals surface area contributed by atoms with Crippen LogP contribution in [0.5, 0.6) is 0 Å². The Morgan fingerprint density at radius 2 is 2.06 bits per heavy atom. The number of likely N-dealkylation sites (N-methyl/N-ethyl adjacent to an activating group) is 1. The Labute approximate surface area is 183 Å². The lowest BCUT2D eigenvalue weighted by Gasteiger charge is -2.34. The number of benzene rings is 1. The van der Waals surface area contributed by atoms with Crippen molar-refractivity contribution in [1.29, 1.82) is 0 Å². The minimum Gasteiger partial charge on any atom is -0.370 e. The van der Waals surface area contributed by atoms with Crippen LogP contribution in [-0.4, -0.2) is 61.5 Å². The molecule has 176 valence electrons. The average Bonchev–Trinajstić information content (AvgIpc) is 2.69. The number of anilines is 2. The van der Waals surface area contributed by atoms with E-state index in [4.69, 9.17) is 10.5 Å². The lowest BCUT2D eigenvalue weighted by Crippen LogP contribution is -2.53. The number of hydrogen-bond acceptors (Lipinski definition) is 5. The van der Waals surface area contributed by atoms with Gasteiger partial charge in [0, 0.05) is 18.8 Å². The van der Waals surface area contributed by atoms with Gasteiger partial charge >= 0.3 is 6.18 Å². The van der Waals surface area contributed by atoms with Gasteiger partial charge in [-0.2, -0.15) is 13.2 Å². The van der Waals surface area contributed by atoms with Gasteiger partial charge in [-0.05, 0) is 43.5 Å². The molecule has 3 rings (SSSR count). The summed E-state index contributed by atoms with van der Waals surface area (Å²) in [5.41, 5.74) is 3.88. The van der Waals surface area contributed by atoms with Crippen molar-refractivity contribution in [3.63, 3.8) is 0 Å². The molecular formula is C21H27F3N4O4. The summed E-state index contributed by atoms with van der Waals surface area (Å²) >= 11 is 0. The summed E-state index contributed by atoms with van der Waals surface area (Å²) in [4.78, 5) is 39.7. The summed E-state index contributed by atoms with van der Waals surface area (Å²) < 4.78 is 46.3. The van der Waals surface area contributed by atoms with Crippen molar-refractivity contribution >= 4 is 29.1 Å². The lowest BCUT2D eigenvalue weighted by atomic mass is 9.85. The summed E-state index contributed by atoms with van der Waals surface area (Å²) in [6, 6.07) is 1.82. The molecule has 2 aliphatic rings. The van der Waals surface area contributed by atoms with E-state index in [0.717, 1.165) is 31.4 Å². The standard InChI is InChI=1S/C21H27F3N4O4/c1-2-27(11-13-4-3-5-13)18(19(25)30)20(31)26-16-7-6-14(10-15(16)21(22,23)24)28-8-9-32-12-17(28)29/h6-7,10,13,18H,2-5,8-9,11-12H2,1H3,(H2,25,30)(H,26,31)/t18-/m1/s1. The first-order valence-electron chi connectivity index (χ1n) is 10.6. The highest BCUT2D eigenvalue weighted by Gasteiger charge is 2.38. The van der Waals surface area contributed by atoms with Crippen LogP contribution in [0.3, 0.4) is 0 Å². The fraction of sp³-hybridized carbons (Fsp3) is 0.571. The average molecular weight is 456 g/mol. The quantitative estimate of drug-likeness (QED) is 0.582. The normalized spacial score (nSPS) is 18.4. The molecule has 11 heteroatoms. The fourth-order valence-corrected chi connectivity index (χ4v) is 3.93. The molecule has 0 radical (unpaired) electrons. The van der Waals surface area contributed by atoms with E-state index in [9.17, 15) is 27.6 Å². The monoisotopic (exact) mass is 456 g/mol. The van der Waals surface area contributed by atoms with Gasteiger partial charge in [0.05, 0.1) is 17.9 Å². The fourth-order valence-electron chi connectivity index (χ4n) is 3.93. The van der Waals surface area contributed by atoms with E-state index >= 15 is 0 Å². The van der Waals surface area contributed by atoms with Crippen molar-refractivity contribution in [2.45, 2.75) is 38.4 Å². The third-order valence-electron chi connectivity index (χ3n) is 5.87. The third kappa shape index (κ3) is 5.39. The maximum absolute atomic E-state index is 13.8. The van der Waals surface area contributed by atoms with Gasteiger partial charge in [-0.25, -0.2) is 0 Å². The van der Waals surface area contributed by atoms with Gasteiger partial charge in [0.2, 0.25) is 5.91 Å². The van der Waals surface area contributed by atoms with Crippen LogP contribution in [-0.2, 0) is 25.3 Å². The number of rotatable bonds is 8. The summed E-state index contributed by atoms with van der Waals surface area (Å²) in [6.45, 7) is 2.70. The molecule has 0 unspecified atom stereocenters. The van der Waals surface area contributed by atoms with Crippen molar-refractivity contribution in [3.05, 3.63) is 23.8 Å². The number of nitrogens with zero attached hydrogens (tertiary/aromatic N) is 2. The molecule has 0 bridgehead atoms. The number of hydrogen-bond donors (Lipinski definition) is 2. The van der Waals surface area contributed by atoms with Crippen LogP contribution < -0.4 is 16.0 Å². The van der Waals surface area contributed by atoms with Crippen LogP contribution >= 0.6 is 0 Å². The zero-order valence-electron chi connectivity index (χ0n) is 17.8. The van der Waals surface area contributed by atoms with Crippen molar-refractivity contribution in [1.82, 2.24) is 4.90 Å². The molecule has 1 saturated carbocycles. The summed E-state index contributed by atoms with van der Waals surface area (Å²) in [6.07, 6.45) is -1.78. The molecule has 1 aromatic carbocycles. The van der Waals surface area contributed by atoms with Crippen molar-refractivity contribution in [3.8, 4) is 0 Å². The van der Waals surface area contributed by atoms with Crippen LogP contribution in [0.4, 0.5) is 24.5 Å². The molecule has 32 heavy (non-hydrogen) atoms. The zero-order chi connectivity index (χ0) is 23.5. The van der Waals surface area contributed by atoms with E-state index in [2.05, 4.69) is 5.32 Å². The number of morpholine rings is 1. The van der Waals surface area contributed by atoms with Crippen LogP contribution in [0, 0.1) is 5.92 Å². The van der Waals surface area contributed by atoms with Gasteiger partial charge in [0.1, 0.15) is 6.61 Å². The Bertz CT molecular complexity index is 873. The molecule has 3 amide bonds. The maximum atomic E-state index is 13.8. The van der Waals surface area contributed by atoms with E-state index in [0.29, 0.717) is 19.0 Å². The van der Waals surface area contributed by atoms with E-state index in [1.807, 2.05) is 0 Å². The molecule has 0 spiro atoms. The molecule has 1 atom stereocenters. The number of carbonyl (C=O) groups excluding carboxylic acids is 3. The number of halogens is 3. The first kappa shape index (κ1) is 24.0. The SMILES string of the molecule is CCN(CC1CCC1)[C@H](C(N)=O)C(=O)Nc1ccc(N2CCOCC2=O)cc1C(F)(F)F. The summed E-state index contributed by atoms with van der Waals surface area (Å²) in [5.74, 6) is -1.96. The van der Waals surface area contributed by atoms with E-state index in [1.54, 1.807) is 11.8 Å². The minimum atomic E-state index is -4.80. The van der Waals surface area contributed by atoms with Gasteiger partial charge < -0.3 is 20.7 Å². The second kappa shape index (κ2) is 9.86. The molecule has 1 aromatic rings. The van der Waals surface area contributed by atoms with Crippen LogP contribution in [0.15, 0.2) is 18.2 Å². The van der Waals surface area contributed by atoms with Crippen LogP contribution in [0.2, 0.25) is 0 Å². The van der Waals surface area contributed by atoms with Gasteiger partial charge in [0.15, 0.2) is 6.04 Å². The minimum absolute atomic E-state index is 0.0512. The highest BCUT2D eigenvalue weighted by atomic mass is 19.4. The predicted octanol–water partition coefficient (Wildman–Crippen LogP) is 1.98. The number of ether oxygens (including phenoxy) is 1. The molecule has 2 fully saturated rings. The first-order valence-corrected chi connectivity index (χ1v) is 10.6. The van der Waals surface area contributed by atoms with E-state index in [-0.39, 0.29) is 25.4 Å².